The maximum Gasteiger partial charge on any atom is 0.248 e. The molecule has 3 aromatic rings. The molecule has 0 radical (unpaired) electrons. The molecule has 1 fully saturated rings. The van der Waals surface area contributed by atoms with Crippen LogP contribution >= 0.6 is 0 Å². The topological polar surface area (TPSA) is 64.2 Å². The molecule has 5 nitrogen and oxygen atoms in total. The number of likely N-dealkylation sites (tertiary alicyclic amines) is 1. The van der Waals surface area contributed by atoms with Gasteiger partial charge in [0.05, 0.1) is 17.6 Å². The minimum Gasteiger partial charge on any atom is -0.366 e. The highest BCUT2D eigenvalue weighted by Crippen LogP contribution is 2.25. The fourth-order valence-corrected chi connectivity index (χ4v) is 3.41. The van der Waals surface area contributed by atoms with Crippen molar-refractivity contribution in [2.24, 2.45) is 5.73 Å². The molecule has 6 heteroatoms. The third-order valence-electron chi connectivity index (χ3n) is 4.66. The van der Waals surface area contributed by atoms with Gasteiger partial charge >= 0.3 is 0 Å². The Morgan fingerprint density at radius 2 is 1.84 bits per heavy atom. The number of halogens is 1. The molecule has 0 bridgehead atoms. The number of carbonyl (C=O) groups excluding carboxylic acids is 1. The third-order valence-corrected chi connectivity index (χ3v) is 4.66. The van der Waals surface area contributed by atoms with Gasteiger partial charge in [-0.05, 0) is 68.4 Å². The maximum atomic E-state index is 13.3. The van der Waals surface area contributed by atoms with Gasteiger partial charge in [-0.2, -0.15) is 0 Å². The molecule has 2 N–H and O–H groups in total. The van der Waals surface area contributed by atoms with E-state index in [0.29, 0.717) is 5.56 Å². The predicted octanol–water partition coefficient (Wildman–Crippen LogP) is 2.86. The Balaban J connectivity index is 1.86. The Hall–Kier alpha value is -2.73. The van der Waals surface area contributed by atoms with Crippen LogP contribution in [-0.4, -0.2) is 33.4 Å². The van der Waals surface area contributed by atoms with Crippen LogP contribution in [0.3, 0.4) is 0 Å². The molecule has 1 aliphatic heterocycles. The SMILES string of the molecule is NC(=O)c1ccc2c(c1)nc(CN1CCCC1)n2-c1ccc(F)cc1. The zero-order valence-electron chi connectivity index (χ0n) is 13.8. The van der Waals surface area contributed by atoms with Crippen molar-refractivity contribution in [1.29, 1.82) is 0 Å². The van der Waals surface area contributed by atoms with Crippen LogP contribution in [-0.2, 0) is 6.54 Å². The van der Waals surface area contributed by atoms with E-state index in [1.165, 1.54) is 25.0 Å². The molecule has 1 aromatic heterocycles. The van der Waals surface area contributed by atoms with Gasteiger partial charge in [-0.1, -0.05) is 0 Å². The van der Waals surface area contributed by atoms with Crippen LogP contribution in [0.4, 0.5) is 4.39 Å². The fourth-order valence-electron chi connectivity index (χ4n) is 3.41. The van der Waals surface area contributed by atoms with Crippen molar-refractivity contribution in [3.63, 3.8) is 0 Å². The smallest absolute Gasteiger partial charge is 0.248 e. The van der Waals surface area contributed by atoms with Crippen molar-refractivity contribution in [3.05, 3.63) is 59.7 Å². The largest absolute Gasteiger partial charge is 0.366 e. The van der Waals surface area contributed by atoms with Crippen molar-refractivity contribution >= 4 is 16.9 Å². The van der Waals surface area contributed by atoms with Crippen LogP contribution in [0.25, 0.3) is 16.7 Å². The van der Waals surface area contributed by atoms with E-state index in [9.17, 15) is 9.18 Å². The van der Waals surface area contributed by atoms with Crippen LogP contribution in [0, 0.1) is 5.82 Å². The third kappa shape index (κ3) is 3.00. The van der Waals surface area contributed by atoms with Crippen LogP contribution in [0.1, 0.15) is 29.0 Å². The van der Waals surface area contributed by atoms with E-state index in [1.54, 1.807) is 24.3 Å². The number of rotatable bonds is 4. The quantitative estimate of drug-likeness (QED) is 0.795. The molecule has 1 amide bonds. The van der Waals surface area contributed by atoms with Gasteiger partial charge in [0.1, 0.15) is 11.6 Å². The van der Waals surface area contributed by atoms with Crippen molar-refractivity contribution in [3.8, 4) is 5.69 Å². The van der Waals surface area contributed by atoms with Crippen molar-refractivity contribution in [2.45, 2.75) is 19.4 Å². The van der Waals surface area contributed by atoms with Crippen LogP contribution in [0.15, 0.2) is 42.5 Å². The number of aromatic nitrogens is 2. The number of fused-ring (bicyclic) bond motifs is 1. The van der Waals surface area contributed by atoms with E-state index in [0.717, 1.165) is 42.2 Å². The Morgan fingerprint density at radius 1 is 1.12 bits per heavy atom. The standard InChI is InChI=1S/C19H19FN4O/c20-14-4-6-15(7-5-14)24-17-8-3-13(19(21)25)11-16(17)22-18(24)12-23-9-1-2-10-23/h3-8,11H,1-2,9-10,12H2,(H2,21,25). The Kier molecular flexibility index (Phi) is 3.97. The average Bonchev–Trinajstić information content (AvgIpc) is 3.22. The van der Waals surface area contributed by atoms with Crippen molar-refractivity contribution < 1.29 is 9.18 Å². The highest BCUT2D eigenvalue weighted by Gasteiger charge is 2.19. The maximum absolute atomic E-state index is 13.3. The lowest BCUT2D eigenvalue weighted by Gasteiger charge is -2.16. The highest BCUT2D eigenvalue weighted by atomic mass is 19.1. The van der Waals surface area contributed by atoms with Crippen LogP contribution in [0.2, 0.25) is 0 Å². The average molecular weight is 338 g/mol. The molecule has 1 aliphatic rings. The number of amides is 1. The Bertz CT molecular complexity index is 926. The summed E-state index contributed by atoms with van der Waals surface area (Å²) in [6.07, 6.45) is 2.39. The van der Waals surface area contributed by atoms with Gasteiger partial charge in [0.2, 0.25) is 5.91 Å². The molecule has 1 saturated heterocycles. The van der Waals surface area contributed by atoms with Gasteiger partial charge in [-0.3, -0.25) is 14.3 Å². The zero-order chi connectivity index (χ0) is 17.4. The van der Waals surface area contributed by atoms with E-state index < -0.39 is 5.91 Å². The van der Waals surface area contributed by atoms with E-state index >= 15 is 0 Å². The summed E-state index contributed by atoms with van der Waals surface area (Å²) in [6, 6.07) is 11.6. The molecule has 0 atom stereocenters. The molecular weight excluding hydrogens is 319 g/mol. The molecule has 0 spiro atoms. The second kappa shape index (κ2) is 6.29. The number of hydrogen-bond donors (Lipinski definition) is 1. The minimum absolute atomic E-state index is 0.273. The van der Waals surface area contributed by atoms with Crippen LogP contribution in [0.5, 0.6) is 0 Å². The lowest BCUT2D eigenvalue weighted by Crippen LogP contribution is -2.21. The minimum atomic E-state index is -0.473. The first kappa shape index (κ1) is 15.8. The summed E-state index contributed by atoms with van der Waals surface area (Å²) in [5.41, 5.74) is 8.27. The number of primary amides is 1. The van der Waals surface area contributed by atoms with E-state index in [4.69, 9.17) is 10.7 Å². The molecule has 25 heavy (non-hydrogen) atoms. The van der Waals surface area contributed by atoms with Crippen molar-refractivity contribution in [1.82, 2.24) is 14.5 Å². The number of hydrogen-bond acceptors (Lipinski definition) is 3. The van der Waals surface area contributed by atoms with Gasteiger partial charge in [0.25, 0.3) is 0 Å². The summed E-state index contributed by atoms with van der Waals surface area (Å²) in [5, 5.41) is 0. The number of nitrogens with zero attached hydrogens (tertiary/aromatic N) is 3. The first-order chi connectivity index (χ1) is 12.1. The summed E-state index contributed by atoms with van der Waals surface area (Å²) in [5.74, 6) is 0.134. The molecule has 4 rings (SSSR count). The lowest BCUT2D eigenvalue weighted by molar-refractivity contribution is 0.100. The van der Waals surface area contributed by atoms with Gasteiger partial charge in [0.15, 0.2) is 0 Å². The first-order valence-corrected chi connectivity index (χ1v) is 8.41. The highest BCUT2D eigenvalue weighted by molar-refractivity contribution is 5.96. The predicted molar refractivity (Wildman–Crippen MR) is 94.1 cm³/mol. The van der Waals surface area contributed by atoms with Gasteiger partial charge in [0, 0.05) is 11.3 Å². The lowest BCUT2D eigenvalue weighted by atomic mass is 10.2. The van der Waals surface area contributed by atoms with E-state index in [-0.39, 0.29) is 5.82 Å². The molecule has 0 saturated carbocycles. The number of benzene rings is 2. The van der Waals surface area contributed by atoms with Crippen molar-refractivity contribution in [2.75, 3.05) is 13.1 Å². The second-order valence-electron chi connectivity index (χ2n) is 6.39. The second-order valence-corrected chi connectivity index (χ2v) is 6.39. The summed E-state index contributed by atoms with van der Waals surface area (Å²) in [6.45, 7) is 2.83. The molecule has 2 aromatic carbocycles. The molecule has 0 aliphatic carbocycles. The summed E-state index contributed by atoms with van der Waals surface area (Å²) < 4.78 is 15.4. The molecular formula is C19H19FN4O. The fraction of sp³-hybridized carbons (Fsp3) is 0.263. The summed E-state index contributed by atoms with van der Waals surface area (Å²) in [7, 11) is 0. The summed E-state index contributed by atoms with van der Waals surface area (Å²) in [4.78, 5) is 18.6. The zero-order valence-corrected chi connectivity index (χ0v) is 13.8. The molecule has 2 heterocycles. The molecule has 0 unspecified atom stereocenters. The monoisotopic (exact) mass is 338 g/mol. The normalized spacial score (nSPS) is 15.1. The van der Waals surface area contributed by atoms with Gasteiger partial charge < -0.3 is 5.73 Å². The van der Waals surface area contributed by atoms with Crippen LogP contribution < -0.4 is 5.73 Å². The number of nitrogens with two attached hydrogens (primary N) is 1. The Morgan fingerprint density at radius 3 is 2.52 bits per heavy atom. The van der Waals surface area contributed by atoms with E-state index in [2.05, 4.69) is 4.90 Å². The number of carbonyl (C=O) groups is 1. The summed E-state index contributed by atoms with van der Waals surface area (Å²) >= 11 is 0. The van der Waals surface area contributed by atoms with Gasteiger partial charge in [-0.25, -0.2) is 9.37 Å². The van der Waals surface area contributed by atoms with E-state index in [1.807, 2.05) is 10.6 Å². The number of imidazole rings is 1. The Labute approximate surface area is 144 Å². The van der Waals surface area contributed by atoms with Gasteiger partial charge in [-0.15, -0.1) is 0 Å². The first-order valence-electron chi connectivity index (χ1n) is 8.41. The molecule has 128 valence electrons.